The number of nitrogens with zero attached hydrogens (tertiary/aromatic N) is 1. The topological polar surface area (TPSA) is 341 Å². The molecule has 5 N–H and O–H groups in total. The fourth-order valence-electron chi connectivity index (χ4n) is 17.3. The van der Waals surface area contributed by atoms with Crippen molar-refractivity contribution in [3.05, 3.63) is 56.9 Å². The smallest absolute Gasteiger partial charge is 0.407 e. The van der Waals surface area contributed by atoms with Crippen molar-refractivity contribution in [2.45, 2.75) is 288 Å². The number of hydrogen-bond donors (Lipinski definition) is 5. The maximum Gasteiger partial charge on any atom is 0.407 e. The highest BCUT2D eigenvalue weighted by atomic mass is 16.8. The molecule has 2 saturated carbocycles. The number of ketones is 1. The lowest BCUT2D eigenvalue weighted by Crippen LogP contribution is -2.65. The highest BCUT2D eigenvalue weighted by Crippen LogP contribution is 2.60. The molecular weight excluding hydrogens is 1220 g/mol. The monoisotopic (exact) mass is 1310 g/mol. The lowest BCUT2D eigenvalue weighted by atomic mass is 9.48. The Hall–Kier alpha value is -4.81. The van der Waals surface area contributed by atoms with Gasteiger partial charge in [-0.1, -0.05) is 50.6 Å². The zero-order valence-electron chi connectivity index (χ0n) is 55.7. The van der Waals surface area contributed by atoms with Crippen molar-refractivity contribution in [3.8, 4) is 0 Å². The van der Waals surface area contributed by atoms with Gasteiger partial charge in [-0.3, -0.25) is 19.7 Å². The zero-order chi connectivity index (χ0) is 67.5. The summed E-state index contributed by atoms with van der Waals surface area (Å²) in [6.45, 7) is 21.1. The van der Waals surface area contributed by atoms with Crippen LogP contribution in [0, 0.1) is 57.0 Å². The number of carbonyl (C=O) groups excluding carboxylic acids is 5. The van der Waals surface area contributed by atoms with Gasteiger partial charge in [0.2, 0.25) is 5.54 Å². The number of rotatable bonds is 14. The van der Waals surface area contributed by atoms with Crippen LogP contribution >= 0.6 is 0 Å². The van der Waals surface area contributed by atoms with E-state index in [4.69, 9.17) is 61.6 Å². The van der Waals surface area contributed by atoms with Crippen LogP contribution in [0.25, 0.3) is 0 Å². The lowest BCUT2D eigenvalue weighted by molar-refractivity contribution is -0.584. The minimum Gasteiger partial charge on any atom is -0.507 e. The number of fused-ring (bicyclic) bond motifs is 3. The molecule has 6 heterocycles. The third-order valence-electron chi connectivity index (χ3n) is 22.1. The maximum atomic E-state index is 16.2. The number of methoxy groups -OCH3 is 1. The van der Waals surface area contributed by atoms with Crippen LogP contribution in [0.3, 0.4) is 0 Å². The number of Topliss-reactive ketones (excluding diaryl/α,β-unsaturated/α-hetero) is 1. The number of aliphatic hydroxyl groups is 4. The molecule has 26 nitrogen and oxygen atoms in total. The number of nitrogens with one attached hydrogen (secondary N) is 1. The van der Waals surface area contributed by atoms with Crippen molar-refractivity contribution < 1.29 is 111 Å². The van der Waals surface area contributed by atoms with Crippen molar-refractivity contribution in [2.75, 3.05) is 7.11 Å². The number of alkyl carbamates (subject to hydrolysis) is 1. The number of nitro groups is 1. The van der Waals surface area contributed by atoms with E-state index in [0.29, 0.717) is 49.5 Å². The third kappa shape index (κ3) is 14.1. The van der Waals surface area contributed by atoms with Gasteiger partial charge < -0.3 is 92.1 Å². The van der Waals surface area contributed by atoms with E-state index in [1.165, 1.54) is 13.8 Å². The van der Waals surface area contributed by atoms with Gasteiger partial charge in [0.15, 0.2) is 54.7 Å². The molecule has 10 aliphatic rings. The first kappa shape index (κ1) is 71.0. The Labute approximate surface area is 543 Å². The quantitative estimate of drug-likeness (QED) is 0.0237. The van der Waals surface area contributed by atoms with Crippen LogP contribution in [-0.2, 0) is 80.8 Å². The molecule has 93 heavy (non-hydrogen) atoms. The van der Waals surface area contributed by atoms with Crippen LogP contribution < -0.4 is 5.32 Å². The van der Waals surface area contributed by atoms with E-state index in [1.807, 2.05) is 32.9 Å². The third-order valence-corrected chi connectivity index (χ3v) is 22.1. The van der Waals surface area contributed by atoms with Crippen LogP contribution in [0.1, 0.15) is 154 Å². The summed E-state index contributed by atoms with van der Waals surface area (Å²) < 4.78 is 81.6. The van der Waals surface area contributed by atoms with Crippen molar-refractivity contribution in [3.63, 3.8) is 0 Å². The minimum atomic E-state index is -2.06. The van der Waals surface area contributed by atoms with Crippen LogP contribution in [0.15, 0.2) is 46.8 Å². The second-order valence-corrected chi connectivity index (χ2v) is 28.6. The highest BCUT2D eigenvalue weighted by Gasteiger charge is 2.65. The minimum absolute atomic E-state index is 0.0555. The summed E-state index contributed by atoms with van der Waals surface area (Å²) in [6.07, 6.45) is -4.92. The number of amides is 1. The number of aldehydes is 1. The van der Waals surface area contributed by atoms with E-state index in [9.17, 15) is 49.7 Å². The summed E-state index contributed by atoms with van der Waals surface area (Å²) >= 11 is 0. The largest absolute Gasteiger partial charge is 0.507 e. The van der Waals surface area contributed by atoms with Gasteiger partial charge in [0.1, 0.15) is 30.1 Å². The summed E-state index contributed by atoms with van der Waals surface area (Å²) in [7, 11) is 1.15. The predicted octanol–water partition coefficient (Wildman–Crippen LogP) is 6.44. The molecule has 6 aliphatic heterocycles. The first-order valence-corrected chi connectivity index (χ1v) is 33.4. The average Bonchev–Trinajstić information content (AvgIpc) is 1.68. The second-order valence-electron chi connectivity index (χ2n) is 28.6. The van der Waals surface area contributed by atoms with E-state index in [0.717, 1.165) is 7.11 Å². The van der Waals surface area contributed by atoms with Crippen LogP contribution in [-0.4, -0.2) is 197 Å². The van der Waals surface area contributed by atoms with E-state index in [-0.39, 0.29) is 50.4 Å². The summed E-state index contributed by atoms with van der Waals surface area (Å²) in [5.41, 5.74) is -4.76. The molecule has 4 aliphatic carbocycles. The molecule has 5 saturated heterocycles. The van der Waals surface area contributed by atoms with Gasteiger partial charge in [-0.15, -0.1) is 0 Å². The summed E-state index contributed by atoms with van der Waals surface area (Å²) in [4.78, 5) is 81.2. The summed E-state index contributed by atoms with van der Waals surface area (Å²) in [5.74, 6) is -7.22. The molecule has 10 rings (SSSR count). The Bertz CT molecular complexity index is 2890. The van der Waals surface area contributed by atoms with Gasteiger partial charge in [0, 0.05) is 74.0 Å². The molecule has 0 aromatic carbocycles. The Morgan fingerprint density at radius 2 is 1.33 bits per heavy atom. The standard InChI is InChI=1S/C67H98N2O24/c1-30-14-18-47(88-54-28-65(11,69(79)80)60(38(9)86-54)68-64(78)81-13)31(2)23-43-45(73)24-40(29-70)27-67(43)62(76)55(63(77)93-67)61(75)66(12)42(30)16-15-41-56(66)32(3)22-33(4)57(41)92-53-26-49(59(37(8)85-53)87-39(10)71)90-50-21-19-48(35(6)83-50)89-52-25-46(74)58(36(7)84-52)91-51-20-17-44(72)34(5)82-51/h14-16,23,29,32-38,40-54,56-60,72-74,76H,17-22,24-28H2,1-13H3,(H,68,78)/b30-14+,31-23+/t32-,33+,34-,35-,36-,37-,38+,40-,41-,42-,43+,44+,45-,46+,47-,48?,49+,50-,51-,52-,53-,54-,56+,57-,58?,59-,60-,65-,66+,67-/m0/s1. The van der Waals surface area contributed by atoms with Gasteiger partial charge in [0.05, 0.1) is 86.6 Å². The molecule has 30 atom stereocenters. The maximum absolute atomic E-state index is 16.2. The molecule has 2 bridgehead atoms. The predicted molar refractivity (Wildman–Crippen MR) is 325 cm³/mol. The van der Waals surface area contributed by atoms with Crippen molar-refractivity contribution in [2.24, 2.45) is 46.8 Å². The Balaban J connectivity index is 0.901. The number of aliphatic hydroxyl groups excluding tert-OH is 4. The highest BCUT2D eigenvalue weighted by molar-refractivity contribution is 6.21. The SMILES string of the molecule is COC(=O)N[C@H]1[C@@H](C)O[C@@H](O[C@H]2C/C=C(\C)[C@@H]3C=C[C@@H]4[C@@H](O[C@H]5C[C@@H](O[C@H]6CCC(O[C@H]7C[C@@H](O)C(O[C@H]8CC[C@@H](O)[C@H](C)O8)[C@H](C)O7)[C@H](C)O6)[C@@H](OC(C)=O)[C@H](C)O5)[C@H](C)C[C@H](C)[C@H]4[C@]3(C)C(=O)C3=C(O)[C@@]4(C[C@@H](C=O)C[C@H](O)[C@H]4/C=C/2C)OC3=O)C[C@]1(C)[N+](=O)[O-]. The number of hydrogen-bond acceptors (Lipinski definition) is 24. The Morgan fingerprint density at radius 1 is 0.699 bits per heavy atom. The van der Waals surface area contributed by atoms with Gasteiger partial charge in [-0.05, 0) is 104 Å². The lowest BCUT2D eigenvalue weighted by Gasteiger charge is -2.56. The van der Waals surface area contributed by atoms with Gasteiger partial charge in [0.25, 0.3) is 0 Å². The molecule has 0 aromatic rings. The van der Waals surface area contributed by atoms with E-state index in [1.54, 1.807) is 40.7 Å². The summed E-state index contributed by atoms with van der Waals surface area (Å²) in [6, 6.07) is -1.12. The average molecular weight is 1320 g/mol. The molecule has 26 heteroatoms. The molecule has 1 amide bonds. The van der Waals surface area contributed by atoms with Gasteiger partial charge in [-0.2, -0.15) is 0 Å². The molecule has 7 fully saturated rings. The van der Waals surface area contributed by atoms with Crippen molar-refractivity contribution >= 4 is 30.1 Å². The summed E-state index contributed by atoms with van der Waals surface area (Å²) in [5, 5.41) is 61.6. The first-order valence-electron chi connectivity index (χ1n) is 33.4. The first-order chi connectivity index (χ1) is 43.9. The number of allylic oxidation sites excluding steroid dienone is 2. The second kappa shape index (κ2) is 28.3. The zero-order valence-corrected chi connectivity index (χ0v) is 55.7. The fourth-order valence-corrected chi connectivity index (χ4v) is 17.3. The molecule has 0 aromatic heterocycles. The van der Waals surface area contributed by atoms with E-state index in [2.05, 4.69) is 25.2 Å². The number of esters is 2. The van der Waals surface area contributed by atoms with E-state index < -0.39 is 209 Å². The normalized spacial score (nSPS) is 48.2. The van der Waals surface area contributed by atoms with Crippen LogP contribution in [0.5, 0.6) is 0 Å². The molecule has 520 valence electrons. The van der Waals surface area contributed by atoms with Crippen molar-refractivity contribution in [1.29, 1.82) is 0 Å². The fraction of sp³-hybridized carbons (Fsp3) is 0.806. The Kier molecular flexibility index (Phi) is 21.6. The molecule has 1 spiro atoms. The van der Waals surface area contributed by atoms with Gasteiger partial charge >= 0.3 is 18.0 Å². The van der Waals surface area contributed by atoms with Gasteiger partial charge in [-0.25, -0.2) is 9.59 Å². The van der Waals surface area contributed by atoms with Crippen molar-refractivity contribution in [1.82, 2.24) is 5.32 Å². The number of ether oxygens (including phenoxy) is 13. The molecular formula is C67H98N2O24. The molecule has 0 radical (unpaired) electrons. The number of carbonyl (C=O) groups is 5. The van der Waals surface area contributed by atoms with E-state index >= 15 is 4.79 Å². The Morgan fingerprint density at radius 3 is 1.99 bits per heavy atom. The van der Waals surface area contributed by atoms with Crippen LogP contribution in [0.2, 0.25) is 0 Å². The molecule has 2 unspecified atom stereocenters. The van der Waals surface area contributed by atoms with Crippen LogP contribution in [0.4, 0.5) is 4.79 Å².